The second-order valence-corrected chi connectivity index (χ2v) is 7.51. The van der Waals surface area contributed by atoms with E-state index < -0.39 is 5.60 Å². The predicted molar refractivity (Wildman–Crippen MR) is 75.5 cm³/mol. The average molecular weight is 282 g/mol. The second-order valence-electron chi connectivity index (χ2n) is 7.51. The van der Waals surface area contributed by atoms with E-state index in [1.54, 1.807) is 0 Å². The van der Waals surface area contributed by atoms with Crippen molar-refractivity contribution in [3.8, 4) is 0 Å². The lowest BCUT2D eigenvalue weighted by Crippen LogP contribution is -2.61. The van der Waals surface area contributed by atoms with Gasteiger partial charge in [0, 0.05) is 31.2 Å². The Bertz CT molecular complexity index is 373. The van der Waals surface area contributed by atoms with Crippen molar-refractivity contribution < 1.29 is 14.6 Å². The molecule has 0 aromatic carbocycles. The molecule has 1 saturated carbocycles. The van der Waals surface area contributed by atoms with Gasteiger partial charge in [-0.2, -0.15) is 0 Å². The van der Waals surface area contributed by atoms with Crippen LogP contribution in [0.15, 0.2) is 0 Å². The number of fused-ring (bicyclic) bond motifs is 2. The van der Waals surface area contributed by atoms with Gasteiger partial charge >= 0.3 is 6.09 Å². The van der Waals surface area contributed by atoms with E-state index in [9.17, 15) is 9.90 Å². The summed E-state index contributed by atoms with van der Waals surface area (Å²) in [5.74, 6) is 0. The first-order valence-electron chi connectivity index (χ1n) is 7.77. The van der Waals surface area contributed by atoms with Crippen molar-refractivity contribution in [3.63, 3.8) is 0 Å². The maximum atomic E-state index is 12.3. The molecule has 2 saturated heterocycles. The van der Waals surface area contributed by atoms with Gasteiger partial charge in [-0.05, 0) is 46.5 Å². The summed E-state index contributed by atoms with van der Waals surface area (Å²) < 4.78 is 5.54. The zero-order valence-electron chi connectivity index (χ0n) is 12.7. The van der Waals surface area contributed by atoms with Crippen LogP contribution in [0.2, 0.25) is 0 Å². The van der Waals surface area contributed by atoms with Gasteiger partial charge < -0.3 is 9.84 Å². The molecule has 2 bridgehead atoms. The van der Waals surface area contributed by atoms with Crippen LogP contribution in [-0.2, 0) is 4.74 Å². The summed E-state index contributed by atoms with van der Waals surface area (Å²) in [6.45, 7) is 7.62. The highest BCUT2D eigenvalue weighted by Gasteiger charge is 2.47. The lowest BCUT2D eigenvalue weighted by molar-refractivity contribution is -0.0449. The fourth-order valence-electron chi connectivity index (χ4n) is 3.70. The van der Waals surface area contributed by atoms with Crippen molar-refractivity contribution >= 4 is 6.09 Å². The normalized spacial score (nSPS) is 37.7. The lowest BCUT2D eigenvalue weighted by Gasteiger charge is -2.48. The van der Waals surface area contributed by atoms with Gasteiger partial charge in [-0.15, -0.1) is 0 Å². The van der Waals surface area contributed by atoms with E-state index in [0.29, 0.717) is 18.1 Å². The molecular formula is C15H26N2O3. The molecule has 5 nitrogen and oxygen atoms in total. The monoisotopic (exact) mass is 282 g/mol. The Hall–Kier alpha value is -0.810. The van der Waals surface area contributed by atoms with E-state index in [4.69, 9.17) is 4.74 Å². The molecule has 20 heavy (non-hydrogen) atoms. The molecule has 2 unspecified atom stereocenters. The number of aliphatic hydroxyl groups is 1. The third kappa shape index (κ3) is 2.66. The van der Waals surface area contributed by atoms with Crippen LogP contribution in [0.1, 0.15) is 46.5 Å². The van der Waals surface area contributed by atoms with Gasteiger partial charge in [-0.25, -0.2) is 4.79 Å². The number of amides is 1. The second kappa shape index (κ2) is 4.88. The van der Waals surface area contributed by atoms with Crippen LogP contribution in [0.5, 0.6) is 0 Å². The van der Waals surface area contributed by atoms with E-state index in [0.717, 1.165) is 38.8 Å². The first-order valence-corrected chi connectivity index (χ1v) is 7.77. The number of carbonyl (C=O) groups is 1. The molecule has 0 spiro atoms. The van der Waals surface area contributed by atoms with Crippen LogP contribution < -0.4 is 0 Å². The van der Waals surface area contributed by atoms with Gasteiger partial charge in [0.25, 0.3) is 0 Å². The van der Waals surface area contributed by atoms with Crippen molar-refractivity contribution in [3.05, 3.63) is 0 Å². The molecule has 2 atom stereocenters. The number of rotatable bonds is 1. The predicted octanol–water partition coefficient (Wildman–Crippen LogP) is 1.59. The van der Waals surface area contributed by atoms with E-state index in [1.807, 2.05) is 25.7 Å². The Kier molecular flexibility index (Phi) is 3.45. The molecule has 5 heteroatoms. The van der Waals surface area contributed by atoms with Gasteiger partial charge in [-0.1, -0.05) is 0 Å². The largest absolute Gasteiger partial charge is 0.444 e. The van der Waals surface area contributed by atoms with Gasteiger partial charge in [0.15, 0.2) is 0 Å². The molecule has 1 aliphatic carbocycles. The highest BCUT2D eigenvalue weighted by atomic mass is 16.6. The van der Waals surface area contributed by atoms with Crippen molar-refractivity contribution in [1.29, 1.82) is 0 Å². The molecule has 0 radical (unpaired) electrons. The van der Waals surface area contributed by atoms with E-state index in [2.05, 4.69) is 4.90 Å². The summed E-state index contributed by atoms with van der Waals surface area (Å²) in [6, 6.07) is 1.11. The maximum Gasteiger partial charge on any atom is 0.410 e. The average Bonchev–Trinajstić information content (AvgIpc) is 2.54. The number of aliphatic hydroxyl groups excluding tert-OH is 1. The van der Waals surface area contributed by atoms with Crippen LogP contribution in [0.4, 0.5) is 4.79 Å². The van der Waals surface area contributed by atoms with Crippen molar-refractivity contribution in [2.24, 2.45) is 0 Å². The molecule has 3 rings (SSSR count). The van der Waals surface area contributed by atoms with Gasteiger partial charge in [0.05, 0.1) is 6.10 Å². The van der Waals surface area contributed by atoms with Gasteiger partial charge in [0.1, 0.15) is 5.60 Å². The fourth-order valence-corrected chi connectivity index (χ4v) is 3.70. The quantitative estimate of drug-likeness (QED) is 0.793. The first kappa shape index (κ1) is 14.1. The molecule has 2 aliphatic heterocycles. The van der Waals surface area contributed by atoms with Crippen molar-refractivity contribution in [1.82, 2.24) is 9.80 Å². The fraction of sp³-hybridized carbons (Fsp3) is 0.933. The number of carbonyl (C=O) groups excluding carboxylic acids is 1. The molecule has 114 valence electrons. The Labute approximate surface area is 120 Å². The molecule has 0 aromatic heterocycles. The number of hydrogen-bond acceptors (Lipinski definition) is 4. The Morgan fingerprint density at radius 2 is 1.65 bits per heavy atom. The molecule has 1 N–H and O–H groups in total. The minimum absolute atomic E-state index is 0.110. The van der Waals surface area contributed by atoms with E-state index in [-0.39, 0.29) is 12.2 Å². The number of likely N-dealkylation sites (tertiary alicyclic amines) is 1. The standard InChI is InChI=1S/C15H26N2O3/c1-15(2,3)20-14(19)17-10-4-5-11(17)9-16(8-10)12-6-13(18)7-12/h10-13,18H,4-9H2,1-3H3. The van der Waals surface area contributed by atoms with Crippen LogP contribution in [0.25, 0.3) is 0 Å². The third-order valence-electron chi connectivity index (χ3n) is 4.72. The first-order chi connectivity index (χ1) is 9.33. The topological polar surface area (TPSA) is 53.0 Å². The number of piperazine rings is 1. The molecule has 0 aromatic rings. The van der Waals surface area contributed by atoms with Gasteiger partial charge in [0.2, 0.25) is 0 Å². The number of ether oxygens (including phenoxy) is 1. The Morgan fingerprint density at radius 1 is 1.10 bits per heavy atom. The number of nitrogens with zero attached hydrogens (tertiary/aromatic N) is 2. The lowest BCUT2D eigenvalue weighted by atomic mass is 9.87. The molecule has 2 heterocycles. The van der Waals surface area contributed by atoms with Crippen LogP contribution in [0, 0.1) is 0 Å². The van der Waals surface area contributed by atoms with E-state index in [1.165, 1.54) is 0 Å². The molecular weight excluding hydrogens is 256 g/mol. The van der Waals surface area contributed by atoms with Gasteiger partial charge in [-0.3, -0.25) is 9.80 Å². The summed E-state index contributed by atoms with van der Waals surface area (Å²) in [5.41, 5.74) is -0.425. The zero-order chi connectivity index (χ0) is 14.5. The van der Waals surface area contributed by atoms with E-state index >= 15 is 0 Å². The summed E-state index contributed by atoms with van der Waals surface area (Å²) >= 11 is 0. The SMILES string of the molecule is CC(C)(C)OC(=O)N1C2CCC1CN(C1CC(O)C1)C2. The Balaban J connectivity index is 1.62. The zero-order valence-corrected chi connectivity index (χ0v) is 12.7. The van der Waals surface area contributed by atoms with Crippen LogP contribution in [-0.4, -0.2) is 63.9 Å². The maximum absolute atomic E-state index is 12.3. The third-order valence-corrected chi connectivity index (χ3v) is 4.72. The summed E-state index contributed by atoms with van der Waals surface area (Å²) in [7, 11) is 0. The summed E-state index contributed by atoms with van der Waals surface area (Å²) in [5, 5.41) is 9.45. The van der Waals surface area contributed by atoms with Crippen molar-refractivity contribution in [2.75, 3.05) is 13.1 Å². The van der Waals surface area contributed by atoms with Crippen molar-refractivity contribution in [2.45, 2.75) is 76.3 Å². The smallest absolute Gasteiger partial charge is 0.410 e. The number of hydrogen-bond donors (Lipinski definition) is 1. The summed E-state index contributed by atoms with van der Waals surface area (Å²) in [6.07, 6.45) is 3.68. The summed E-state index contributed by atoms with van der Waals surface area (Å²) in [4.78, 5) is 16.8. The van der Waals surface area contributed by atoms with Crippen LogP contribution in [0.3, 0.4) is 0 Å². The molecule has 3 aliphatic rings. The molecule has 1 amide bonds. The molecule has 3 fully saturated rings. The highest BCUT2D eigenvalue weighted by molar-refractivity contribution is 5.69. The minimum Gasteiger partial charge on any atom is -0.444 e. The van der Waals surface area contributed by atoms with Crippen LogP contribution >= 0.6 is 0 Å². The highest BCUT2D eigenvalue weighted by Crippen LogP contribution is 2.36. The minimum atomic E-state index is -0.425. The Morgan fingerprint density at radius 3 is 2.10 bits per heavy atom.